The number of aromatic nitrogens is 3. The monoisotopic (exact) mass is 385 g/mol. The summed E-state index contributed by atoms with van der Waals surface area (Å²) in [6, 6.07) is 15.6. The van der Waals surface area contributed by atoms with Crippen LogP contribution in [0.15, 0.2) is 59.2 Å². The van der Waals surface area contributed by atoms with E-state index in [2.05, 4.69) is 41.7 Å². The van der Waals surface area contributed by atoms with Crippen LogP contribution >= 0.6 is 15.9 Å². The quantitative estimate of drug-likeness (QED) is 0.667. The van der Waals surface area contributed by atoms with E-state index in [0.717, 1.165) is 21.5 Å². The van der Waals surface area contributed by atoms with Crippen molar-refractivity contribution in [3.05, 3.63) is 64.8 Å². The van der Waals surface area contributed by atoms with Crippen molar-refractivity contribution in [1.29, 1.82) is 0 Å². The number of hydrogen-bond acceptors (Lipinski definition) is 6. The van der Waals surface area contributed by atoms with E-state index in [1.54, 1.807) is 13.3 Å². The maximum atomic E-state index is 5.15. The summed E-state index contributed by atoms with van der Waals surface area (Å²) in [5, 5.41) is 14.4. The fourth-order valence-electron chi connectivity index (χ4n) is 2.06. The van der Waals surface area contributed by atoms with E-state index >= 15 is 0 Å². The van der Waals surface area contributed by atoms with E-state index in [1.807, 2.05) is 48.5 Å². The van der Waals surface area contributed by atoms with Crippen LogP contribution < -0.4 is 15.4 Å². The standard InChI is InChI=1S/C17H16BrN5O/c1-24-13-8-6-12(7-9-13)10-19-17-22-16(11-20-23-17)21-15-5-3-2-4-14(15)18/h2-9,11H,10H2,1H3,(H2,19,21,22,23). The van der Waals surface area contributed by atoms with Gasteiger partial charge in [-0.2, -0.15) is 10.1 Å². The Morgan fingerprint density at radius 2 is 1.88 bits per heavy atom. The lowest BCUT2D eigenvalue weighted by Crippen LogP contribution is -2.06. The Kier molecular flexibility index (Phi) is 5.22. The van der Waals surface area contributed by atoms with Crippen LogP contribution in [0.5, 0.6) is 5.75 Å². The molecule has 0 atom stereocenters. The maximum Gasteiger partial charge on any atom is 0.244 e. The minimum absolute atomic E-state index is 0.461. The van der Waals surface area contributed by atoms with Gasteiger partial charge in [0.05, 0.1) is 19.0 Å². The minimum atomic E-state index is 0.461. The molecule has 1 aromatic heterocycles. The third kappa shape index (κ3) is 4.20. The van der Waals surface area contributed by atoms with Gasteiger partial charge in [-0.05, 0) is 45.8 Å². The van der Waals surface area contributed by atoms with Gasteiger partial charge in [0.1, 0.15) is 5.75 Å². The highest BCUT2D eigenvalue weighted by Gasteiger charge is 2.04. The summed E-state index contributed by atoms with van der Waals surface area (Å²) in [4.78, 5) is 4.42. The summed E-state index contributed by atoms with van der Waals surface area (Å²) in [5.41, 5.74) is 2.02. The molecule has 0 aliphatic carbocycles. The topological polar surface area (TPSA) is 72.0 Å². The van der Waals surface area contributed by atoms with Gasteiger partial charge in [0, 0.05) is 11.0 Å². The molecule has 2 N–H and O–H groups in total. The van der Waals surface area contributed by atoms with Crippen LogP contribution in [0.25, 0.3) is 0 Å². The molecule has 0 fully saturated rings. The number of anilines is 3. The van der Waals surface area contributed by atoms with Gasteiger partial charge in [-0.1, -0.05) is 24.3 Å². The number of rotatable bonds is 6. The molecule has 7 heteroatoms. The molecule has 0 radical (unpaired) electrons. The highest BCUT2D eigenvalue weighted by molar-refractivity contribution is 9.10. The molecule has 0 bridgehead atoms. The zero-order chi connectivity index (χ0) is 16.8. The van der Waals surface area contributed by atoms with E-state index in [4.69, 9.17) is 4.74 Å². The number of benzene rings is 2. The van der Waals surface area contributed by atoms with Gasteiger partial charge in [-0.3, -0.25) is 0 Å². The van der Waals surface area contributed by atoms with E-state index in [0.29, 0.717) is 18.3 Å². The summed E-state index contributed by atoms with van der Waals surface area (Å²) in [6.07, 6.45) is 1.58. The number of nitrogens with one attached hydrogen (secondary N) is 2. The molecule has 0 saturated carbocycles. The van der Waals surface area contributed by atoms with Gasteiger partial charge in [-0.25, -0.2) is 0 Å². The molecule has 122 valence electrons. The van der Waals surface area contributed by atoms with Crippen LogP contribution in [0, 0.1) is 0 Å². The zero-order valence-corrected chi connectivity index (χ0v) is 14.6. The van der Waals surface area contributed by atoms with Crippen LogP contribution in [0.1, 0.15) is 5.56 Å². The molecule has 0 amide bonds. The largest absolute Gasteiger partial charge is 0.497 e. The maximum absolute atomic E-state index is 5.15. The van der Waals surface area contributed by atoms with Crippen LogP contribution in [-0.2, 0) is 6.54 Å². The second kappa shape index (κ2) is 7.74. The number of nitrogens with zero attached hydrogens (tertiary/aromatic N) is 3. The summed E-state index contributed by atoms with van der Waals surface area (Å²) < 4.78 is 6.10. The van der Waals surface area contributed by atoms with Gasteiger partial charge in [0.2, 0.25) is 5.95 Å². The summed E-state index contributed by atoms with van der Waals surface area (Å²) in [6.45, 7) is 0.601. The highest BCUT2D eigenvalue weighted by atomic mass is 79.9. The van der Waals surface area contributed by atoms with Crippen molar-refractivity contribution in [3.63, 3.8) is 0 Å². The zero-order valence-electron chi connectivity index (χ0n) is 13.0. The van der Waals surface area contributed by atoms with E-state index in [9.17, 15) is 0 Å². The molecule has 6 nitrogen and oxygen atoms in total. The summed E-state index contributed by atoms with van der Waals surface area (Å²) in [7, 11) is 1.65. The lowest BCUT2D eigenvalue weighted by atomic mass is 10.2. The molecule has 3 rings (SSSR count). The Labute approximate surface area is 148 Å². The third-order valence-electron chi connectivity index (χ3n) is 3.31. The Bertz CT molecular complexity index is 810. The molecule has 0 unspecified atom stereocenters. The second-order valence-corrected chi connectivity index (χ2v) is 5.83. The molecule has 2 aromatic carbocycles. The predicted molar refractivity (Wildman–Crippen MR) is 97.6 cm³/mol. The van der Waals surface area contributed by atoms with Gasteiger partial charge < -0.3 is 15.4 Å². The molecular formula is C17H16BrN5O. The summed E-state index contributed by atoms with van der Waals surface area (Å²) in [5.74, 6) is 1.91. The van der Waals surface area contributed by atoms with Crippen molar-refractivity contribution >= 4 is 33.4 Å². The Balaban J connectivity index is 1.65. The average molecular weight is 386 g/mol. The minimum Gasteiger partial charge on any atom is -0.497 e. The normalized spacial score (nSPS) is 10.2. The lowest BCUT2D eigenvalue weighted by molar-refractivity contribution is 0.414. The van der Waals surface area contributed by atoms with Crippen LogP contribution in [0.2, 0.25) is 0 Å². The first-order valence-electron chi connectivity index (χ1n) is 7.32. The van der Waals surface area contributed by atoms with E-state index < -0.39 is 0 Å². The first-order valence-corrected chi connectivity index (χ1v) is 8.12. The summed E-state index contributed by atoms with van der Waals surface area (Å²) >= 11 is 3.49. The van der Waals surface area contributed by atoms with Crippen molar-refractivity contribution in [1.82, 2.24) is 15.2 Å². The Hall–Kier alpha value is -2.67. The fraction of sp³-hybridized carbons (Fsp3) is 0.118. The molecule has 24 heavy (non-hydrogen) atoms. The molecular weight excluding hydrogens is 370 g/mol. The molecule has 0 aliphatic heterocycles. The van der Waals surface area contributed by atoms with E-state index in [1.165, 1.54) is 0 Å². The fourth-order valence-corrected chi connectivity index (χ4v) is 2.45. The van der Waals surface area contributed by atoms with Crippen molar-refractivity contribution in [3.8, 4) is 5.75 Å². The third-order valence-corrected chi connectivity index (χ3v) is 4.00. The molecule has 3 aromatic rings. The predicted octanol–water partition coefficient (Wildman–Crippen LogP) is 4.00. The number of para-hydroxylation sites is 1. The van der Waals surface area contributed by atoms with Gasteiger partial charge in [0.25, 0.3) is 0 Å². The molecule has 0 aliphatic rings. The van der Waals surface area contributed by atoms with Crippen molar-refractivity contribution < 1.29 is 4.74 Å². The molecule has 1 heterocycles. The number of hydrogen-bond donors (Lipinski definition) is 2. The number of halogens is 1. The van der Waals surface area contributed by atoms with Crippen LogP contribution in [-0.4, -0.2) is 22.3 Å². The Morgan fingerprint density at radius 3 is 2.62 bits per heavy atom. The number of methoxy groups -OCH3 is 1. The van der Waals surface area contributed by atoms with Gasteiger partial charge >= 0.3 is 0 Å². The molecule has 0 saturated heterocycles. The first kappa shape index (κ1) is 16.2. The highest BCUT2D eigenvalue weighted by Crippen LogP contribution is 2.24. The Morgan fingerprint density at radius 1 is 1.08 bits per heavy atom. The van der Waals surface area contributed by atoms with Crippen molar-refractivity contribution in [2.45, 2.75) is 6.54 Å². The van der Waals surface area contributed by atoms with Crippen LogP contribution in [0.3, 0.4) is 0 Å². The van der Waals surface area contributed by atoms with Gasteiger partial charge in [-0.15, -0.1) is 5.10 Å². The smallest absolute Gasteiger partial charge is 0.244 e. The van der Waals surface area contributed by atoms with Crippen LogP contribution in [0.4, 0.5) is 17.5 Å². The average Bonchev–Trinajstić information content (AvgIpc) is 2.63. The molecule has 0 spiro atoms. The number of ether oxygens (including phenoxy) is 1. The van der Waals surface area contributed by atoms with Crippen molar-refractivity contribution in [2.75, 3.05) is 17.7 Å². The first-order chi connectivity index (χ1) is 11.7. The van der Waals surface area contributed by atoms with E-state index in [-0.39, 0.29) is 0 Å². The second-order valence-electron chi connectivity index (χ2n) is 4.97. The van der Waals surface area contributed by atoms with Crippen molar-refractivity contribution in [2.24, 2.45) is 0 Å². The lowest BCUT2D eigenvalue weighted by Gasteiger charge is -2.09. The van der Waals surface area contributed by atoms with Gasteiger partial charge in [0.15, 0.2) is 5.82 Å². The SMILES string of the molecule is COc1ccc(CNc2nncc(Nc3ccccc3Br)n2)cc1.